The van der Waals surface area contributed by atoms with Crippen LogP contribution in [-0.4, -0.2) is 10.9 Å². The van der Waals surface area contributed by atoms with Crippen molar-refractivity contribution in [2.75, 3.05) is 5.88 Å². The quantitative estimate of drug-likeness (QED) is 0.741. The molecule has 0 atom stereocenters. The van der Waals surface area contributed by atoms with Crippen LogP contribution in [0.25, 0.3) is 0 Å². The molecule has 1 aromatic heterocycles. The Morgan fingerprint density at radius 2 is 2.12 bits per heavy atom. The summed E-state index contributed by atoms with van der Waals surface area (Å²) in [5.74, 6) is 4.12. The van der Waals surface area contributed by atoms with E-state index in [1.54, 1.807) is 0 Å². The van der Waals surface area contributed by atoms with E-state index in [9.17, 15) is 0 Å². The summed E-state index contributed by atoms with van der Waals surface area (Å²) in [5.41, 5.74) is 0. The first kappa shape index (κ1) is 12.0. The second-order valence-electron chi connectivity index (χ2n) is 4.91. The third-order valence-electron chi connectivity index (χ3n) is 3.51. The Morgan fingerprint density at radius 3 is 2.81 bits per heavy atom. The molecule has 0 radical (unpaired) electrons. The molecule has 3 heteroatoms. The minimum Gasteiger partial charge on any atom is -0.445 e. The molecule has 2 rings (SSSR count). The maximum absolute atomic E-state index is 5.79. The summed E-state index contributed by atoms with van der Waals surface area (Å²) in [4.78, 5) is 4.32. The predicted molar refractivity (Wildman–Crippen MR) is 65.9 cm³/mol. The standard InChI is InChI=1S/C13H20ClNO/c1-10-4-6-11(7-5-10)12-9-15-13(16-12)3-2-8-14/h9-11H,2-8H2,1H3. The number of hydrogen-bond acceptors (Lipinski definition) is 2. The van der Waals surface area contributed by atoms with Crippen LogP contribution in [0.1, 0.15) is 56.6 Å². The molecule has 0 saturated heterocycles. The van der Waals surface area contributed by atoms with Gasteiger partial charge in [-0.15, -0.1) is 11.6 Å². The van der Waals surface area contributed by atoms with Crippen molar-refractivity contribution in [2.24, 2.45) is 5.92 Å². The van der Waals surface area contributed by atoms with Crippen molar-refractivity contribution < 1.29 is 4.42 Å². The summed E-state index contributed by atoms with van der Waals surface area (Å²) in [7, 11) is 0. The predicted octanol–water partition coefficient (Wildman–Crippen LogP) is 4.14. The topological polar surface area (TPSA) is 26.0 Å². The first-order valence-electron chi connectivity index (χ1n) is 6.30. The van der Waals surface area contributed by atoms with Gasteiger partial charge in [-0.05, 0) is 25.2 Å². The van der Waals surface area contributed by atoms with Gasteiger partial charge in [0.15, 0.2) is 5.89 Å². The van der Waals surface area contributed by atoms with Gasteiger partial charge in [-0.2, -0.15) is 0 Å². The van der Waals surface area contributed by atoms with Crippen molar-refractivity contribution in [3.05, 3.63) is 17.8 Å². The van der Waals surface area contributed by atoms with Crippen LogP contribution in [0, 0.1) is 5.92 Å². The van der Waals surface area contributed by atoms with Crippen molar-refractivity contribution in [1.29, 1.82) is 0 Å². The number of rotatable bonds is 4. The zero-order valence-corrected chi connectivity index (χ0v) is 10.7. The number of aryl methyl sites for hydroxylation is 1. The fraction of sp³-hybridized carbons (Fsp3) is 0.769. The summed E-state index contributed by atoms with van der Waals surface area (Å²) < 4.78 is 5.79. The fourth-order valence-electron chi connectivity index (χ4n) is 2.39. The molecular weight excluding hydrogens is 222 g/mol. The number of halogens is 1. The molecule has 1 aliphatic carbocycles. The van der Waals surface area contributed by atoms with Gasteiger partial charge < -0.3 is 4.42 Å². The van der Waals surface area contributed by atoms with Crippen LogP contribution in [0.5, 0.6) is 0 Å². The van der Waals surface area contributed by atoms with Crippen molar-refractivity contribution >= 4 is 11.6 Å². The zero-order chi connectivity index (χ0) is 11.4. The first-order valence-corrected chi connectivity index (χ1v) is 6.83. The number of hydrogen-bond donors (Lipinski definition) is 0. The Kier molecular flexibility index (Phi) is 4.28. The molecule has 1 saturated carbocycles. The fourth-order valence-corrected chi connectivity index (χ4v) is 2.52. The van der Waals surface area contributed by atoms with Crippen LogP contribution in [-0.2, 0) is 6.42 Å². The second kappa shape index (κ2) is 5.72. The van der Waals surface area contributed by atoms with Gasteiger partial charge in [0.1, 0.15) is 5.76 Å². The average Bonchev–Trinajstić information content (AvgIpc) is 2.76. The van der Waals surface area contributed by atoms with Gasteiger partial charge in [0, 0.05) is 18.2 Å². The third kappa shape index (κ3) is 3.00. The van der Waals surface area contributed by atoms with Gasteiger partial charge in [-0.1, -0.05) is 19.8 Å². The highest BCUT2D eigenvalue weighted by Gasteiger charge is 2.22. The molecule has 90 valence electrons. The van der Waals surface area contributed by atoms with Crippen molar-refractivity contribution in [3.8, 4) is 0 Å². The Bertz CT molecular complexity index is 315. The number of alkyl halides is 1. The Balaban J connectivity index is 1.91. The molecule has 0 aromatic carbocycles. The van der Waals surface area contributed by atoms with E-state index in [-0.39, 0.29) is 0 Å². The SMILES string of the molecule is CC1CCC(c2cnc(CCCCl)o2)CC1. The minimum atomic E-state index is 0.605. The Morgan fingerprint density at radius 1 is 1.38 bits per heavy atom. The van der Waals surface area contributed by atoms with Crippen molar-refractivity contribution in [2.45, 2.75) is 51.4 Å². The molecule has 1 fully saturated rings. The summed E-state index contributed by atoms with van der Waals surface area (Å²) in [6.07, 6.45) is 8.89. The van der Waals surface area contributed by atoms with Gasteiger partial charge >= 0.3 is 0 Å². The largest absolute Gasteiger partial charge is 0.445 e. The van der Waals surface area contributed by atoms with Crippen LogP contribution >= 0.6 is 11.6 Å². The molecule has 2 nitrogen and oxygen atoms in total. The van der Waals surface area contributed by atoms with E-state index in [0.717, 1.165) is 30.4 Å². The summed E-state index contributed by atoms with van der Waals surface area (Å²) in [6.45, 7) is 2.34. The minimum absolute atomic E-state index is 0.605. The van der Waals surface area contributed by atoms with Crippen LogP contribution < -0.4 is 0 Å². The summed E-state index contributed by atoms with van der Waals surface area (Å²) in [5, 5.41) is 0. The molecule has 1 aliphatic rings. The third-order valence-corrected chi connectivity index (χ3v) is 3.78. The highest BCUT2D eigenvalue weighted by molar-refractivity contribution is 6.17. The van der Waals surface area contributed by atoms with E-state index in [1.165, 1.54) is 25.7 Å². The number of nitrogens with zero attached hydrogens (tertiary/aromatic N) is 1. The molecule has 0 N–H and O–H groups in total. The van der Waals surface area contributed by atoms with E-state index in [2.05, 4.69) is 11.9 Å². The summed E-state index contributed by atoms with van der Waals surface area (Å²) >= 11 is 5.65. The van der Waals surface area contributed by atoms with Crippen LogP contribution in [0.15, 0.2) is 10.6 Å². The van der Waals surface area contributed by atoms with Gasteiger partial charge in [0.05, 0.1) is 6.20 Å². The highest BCUT2D eigenvalue weighted by atomic mass is 35.5. The lowest BCUT2D eigenvalue weighted by atomic mass is 9.82. The van der Waals surface area contributed by atoms with E-state index in [4.69, 9.17) is 16.0 Å². The molecule has 0 spiro atoms. The van der Waals surface area contributed by atoms with Gasteiger partial charge in [-0.25, -0.2) is 4.98 Å². The smallest absolute Gasteiger partial charge is 0.194 e. The Labute approximate surface area is 102 Å². The van der Waals surface area contributed by atoms with E-state index < -0.39 is 0 Å². The van der Waals surface area contributed by atoms with Crippen LogP contribution in [0.3, 0.4) is 0 Å². The molecule has 0 bridgehead atoms. The first-order chi connectivity index (χ1) is 7.79. The molecule has 1 aromatic rings. The zero-order valence-electron chi connectivity index (χ0n) is 9.92. The molecule has 0 aliphatic heterocycles. The average molecular weight is 242 g/mol. The molecule has 16 heavy (non-hydrogen) atoms. The van der Waals surface area contributed by atoms with Gasteiger partial charge in [0.25, 0.3) is 0 Å². The number of oxazole rings is 1. The maximum atomic E-state index is 5.79. The lowest BCUT2D eigenvalue weighted by Crippen LogP contribution is -2.10. The second-order valence-corrected chi connectivity index (χ2v) is 5.28. The normalized spacial score (nSPS) is 25.9. The lowest BCUT2D eigenvalue weighted by molar-refractivity contribution is 0.308. The van der Waals surface area contributed by atoms with Gasteiger partial charge in [0.2, 0.25) is 0 Å². The van der Waals surface area contributed by atoms with Crippen LogP contribution in [0.2, 0.25) is 0 Å². The lowest BCUT2D eigenvalue weighted by Gasteiger charge is -2.24. The van der Waals surface area contributed by atoms with E-state index in [1.807, 2.05) is 6.20 Å². The molecule has 0 amide bonds. The van der Waals surface area contributed by atoms with Crippen molar-refractivity contribution in [1.82, 2.24) is 4.98 Å². The van der Waals surface area contributed by atoms with Crippen LogP contribution in [0.4, 0.5) is 0 Å². The van der Waals surface area contributed by atoms with Crippen molar-refractivity contribution in [3.63, 3.8) is 0 Å². The van der Waals surface area contributed by atoms with E-state index in [0.29, 0.717) is 11.8 Å². The monoisotopic (exact) mass is 241 g/mol. The molecule has 0 unspecified atom stereocenters. The molecular formula is C13H20ClNO. The van der Waals surface area contributed by atoms with E-state index >= 15 is 0 Å². The number of aromatic nitrogens is 1. The highest BCUT2D eigenvalue weighted by Crippen LogP contribution is 2.35. The maximum Gasteiger partial charge on any atom is 0.194 e. The summed E-state index contributed by atoms with van der Waals surface area (Å²) in [6, 6.07) is 0. The molecule has 1 heterocycles. The van der Waals surface area contributed by atoms with Gasteiger partial charge in [-0.3, -0.25) is 0 Å². The Hall–Kier alpha value is -0.500.